The van der Waals surface area contributed by atoms with Crippen LogP contribution in [-0.2, 0) is 4.79 Å². The van der Waals surface area contributed by atoms with Crippen LogP contribution in [0, 0.1) is 6.92 Å². The van der Waals surface area contributed by atoms with Crippen LogP contribution >= 0.6 is 11.8 Å². The summed E-state index contributed by atoms with van der Waals surface area (Å²) >= 11 is 1.41. The fraction of sp³-hybridized carbons (Fsp3) is 0.200. The lowest BCUT2D eigenvalue weighted by Gasteiger charge is -2.11. The first-order chi connectivity index (χ1) is 11.9. The summed E-state index contributed by atoms with van der Waals surface area (Å²) in [4.78, 5) is 21.4. The molecule has 1 saturated heterocycles. The highest BCUT2D eigenvalue weighted by Gasteiger charge is 2.30. The number of hydrogen-bond acceptors (Lipinski definition) is 4. The largest absolute Gasteiger partial charge is 0.378 e. The number of hydrogen-bond donors (Lipinski definition) is 0. The number of benzene rings is 2. The molecule has 25 heavy (non-hydrogen) atoms. The SMILES string of the molecule is Cc1ccc(N=C2S/C(=C/c3ccc(N(C)C)cc3)C(=O)N2C)cc1. The molecule has 1 fully saturated rings. The Hall–Kier alpha value is -2.53. The Morgan fingerprint density at radius 1 is 1.04 bits per heavy atom. The van der Waals surface area contributed by atoms with Crippen molar-refractivity contribution in [2.45, 2.75) is 6.92 Å². The van der Waals surface area contributed by atoms with E-state index in [2.05, 4.69) is 4.99 Å². The van der Waals surface area contributed by atoms with Gasteiger partial charge >= 0.3 is 0 Å². The van der Waals surface area contributed by atoms with Crippen molar-refractivity contribution in [1.82, 2.24) is 4.90 Å². The number of amides is 1. The van der Waals surface area contributed by atoms with Crippen molar-refractivity contribution in [3.05, 3.63) is 64.6 Å². The molecule has 0 aliphatic carbocycles. The molecular weight excluding hydrogens is 330 g/mol. The first-order valence-corrected chi connectivity index (χ1v) is 8.86. The van der Waals surface area contributed by atoms with Gasteiger partial charge in [0.05, 0.1) is 10.6 Å². The van der Waals surface area contributed by atoms with E-state index < -0.39 is 0 Å². The first kappa shape index (κ1) is 17.3. The lowest BCUT2D eigenvalue weighted by molar-refractivity contribution is -0.121. The third kappa shape index (κ3) is 3.94. The minimum Gasteiger partial charge on any atom is -0.378 e. The average Bonchev–Trinajstić information content (AvgIpc) is 2.85. The highest BCUT2D eigenvalue weighted by Crippen LogP contribution is 2.33. The molecule has 5 heteroatoms. The van der Waals surface area contributed by atoms with E-state index in [4.69, 9.17) is 0 Å². The van der Waals surface area contributed by atoms with E-state index in [9.17, 15) is 4.79 Å². The fourth-order valence-electron chi connectivity index (χ4n) is 2.40. The second kappa shape index (κ2) is 7.15. The number of aliphatic imine (C=N–C) groups is 1. The maximum Gasteiger partial charge on any atom is 0.266 e. The third-order valence-electron chi connectivity index (χ3n) is 3.97. The smallest absolute Gasteiger partial charge is 0.266 e. The zero-order chi connectivity index (χ0) is 18.0. The third-order valence-corrected chi connectivity index (χ3v) is 5.03. The number of nitrogens with zero attached hydrogens (tertiary/aromatic N) is 3. The van der Waals surface area contributed by atoms with Crippen LogP contribution in [0.4, 0.5) is 11.4 Å². The van der Waals surface area contributed by atoms with Crippen LogP contribution in [0.2, 0.25) is 0 Å². The molecular formula is C20H21N3OS. The Labute approximate surface area is 152 Å². The van der Waals surface area contributed by atoms with E-state index in [-0.39, 0.29) is 5.91 Å². The van der Waals surface area contributed by atoms with Crippen LogP contribution in [0.5, 0.6) is 0 Å². The summed E-state index contributed by atoms with van der Waals surface area (Å²) in [6.07, 6.45) is 1.92. The summed E-state index contributed by atoms with van der Waals surface area (Å²) in [7, 11) is 5.78. The van der Waals surface area contributed by atoms with E-state index in [0.717, 1.165) is 16.9 Å². The number of carbonyl (C=O) groups is 1. The van der Waals surface area contributed by atoms with E-state index in [0.29, 0.717) is 10.1 Å². The van der Waals surface area contributed by atoms with Gasteiger partial charge in [0.25, 0.3) is 5.91 Å². The Morgan fingerprint density at radius 2 is 1.68 bits per heavy atom. The van der Waals surface area contributed by atoms with E-state index >= 15 is 0 Å². The molecule has 4 nitrogen and oxygen atoms in total. The zero-order valence-electron chi connectivity index (χ0n) is 14.9. The fourth-order valence-corrected chi connectivity index (χ4v) is 3.39. The van der Waals surface area contributed by atoms with Crippen LogP contribution in [0.15, 0.2) is 58.4 Å². The summed E-state index contributed by atoms with van der Waals surface area (Å²) in [5.41, 5.74) is 4.18. The second-order valence-electron chi connectivity index (χ2n) is 6.19. The van der Waals surface area contributed by atoms with Gasteiger partial charge < -0.3 is 4.90 Å². The summed E-state index contributed by atoms with van der Waals surface area (Å²) in [5, 5.41) is 0.699. The minimum absolute atomic E-state index is 0.0208. The average molecular weight is 351 g/mol. The standard InChI is InChI=1S/C20H21N3OS/c1-14-5-9-16(10-6-14)21-20-23(4)19(24)18(25-20)13-15-7-11-17(12-8-15)22(2)3/h5-13H,1-4H3/b18-13+,21-20?. The summed E-state index contributed by atoms with van der Waals surface area (Å²) < 4.78 is 0. The van der Waals surface area contributed by atoms with Gasteiger partial charge in [0.15, 0.2) is 5.17 Å². The molecule has 0 radical (unpaired) electrons. The summed E-state index contributed by atoms with van der Waals surface area (Å²) in [6.45, 7) is 2.04. The van der Waals surface area contributed by atoms with Crippen LogP contribution in [-0.4, -0.2) is 37.1 Å². The van der Waals surface area contributed by atoms with Crippen molar-refractivity contribution in [2.75, 3.05) is 26.0 Å². The molecule has 1 amide bonds. The van der Waals surface area contributed by atoms with Crippen molar-refractivity contribution >= 4 is 40.3 Å². The van der Waals surface area contributed by atoms with Crippen molar-refractivity contribution < 1.29 is 4.79 Å². The molecule has 1 aliphatic rings. The second-order valence-corrected chi connectivity index (χ2v) is 7.20. The molecule has 0 bridgehead atoms. The summed E-state index contributed by atoms with van der Waals surface area (Å²) in [6, 6.07) is 16.1. The molecule has 0 spiro atoms. The van der Waals surface area contributed by atoms with Crippen LogP contribution in [0.25, 0.3) is 6.08 Å². The molecule has 2 aromatic rings. The van der Waals surface area contributed by atoms with Crippen molar-refractivity contribution in [3.63, 3.8) is 0 Å². The molecule has 128 valence electrons. The topological polar surface area (TPSA) is 35.9 Å². The molecule has 0 aromatic heterocycles. The number of carbonyl (C=O) groups excluding carboxylic acids is 1. The van der Waals surface area contributed by atoms with Crippen LogP contribution in [0.3, 0.4) is 0 Å². The predicted molar refractivity (Wildman–Crippen MR) is 107 cm³/mol. The maximum absolute atomic E-state index is 12.5. The highest BCUT2D eigenvalue weighted by atomic mass is 32.2. The Bertz CT molecular complexity index is 836. The van der Waals surface area contributed by atoms with Gasteiger partial charge in [0, 0.05) is 26.8 Å². The maximum atomic E-state index is 12.5. The summed E-state index contributed by atoms with van der Waals surface area (Å²) in [5.74, 6) is -0.0208. The molecule has 1 heterocycles. The molecule has 0 saturated carbocycles. The number of aryl methyl sites for hydroxylation is 1. The molecule has 0 atom stereocenters. The number of thioether (sulfide) groups is 1. The van der Waals surface area contributed by atoms with Gasteiger partial charge in [0.1, 0.15) is 0 Å². The van der Waals surface area contributed by atoms with Gasteiger partial charge in [-0.1, -0.05) is 29.8 Å². The lowest BCUT2D eigenvalue weighted by atomic mass is 10.2. The molecule has 1 aliphatic heterocycles. The number of amidine groups is 1. The Balaban J connectivity index is 1.84. The number of rotatable bonds is 3. The Morgan fingerprint density at radius 3 is 2.28 bits per heavy atom. The van der Waals surface area contributed by atoms with E-state index in [1.54, 1.807) is 11.9 Å². The van der Waals surface area contributed by atoms with Crippen LogP contribution in [0.1, 0.15) is 11.1 Å². The predicted octanol–water partition coefficient (Wildman–Crippen LogP) is 4.29. The number of likely N-dealkylation sites (N-methyl/N-ethyl adjacent to an activating group) is 1. The molecule has 0 unspecified atom stereocenters. The normalized spacial score (nSPS) is 17.6. The van der Waals surface area contributed by atoms with Gasteiger partial charge in [-0.15, -0.1) is 0 Å². The van der Waals surface area contributed by atoms with Gasteiger partial charge in [-0.2, -0.15) is 0 Å². The van der Waals surface area contributed by atoms with E-state index in [1.807, 2.05) is 80.5 Å². The number of anilines is 1. The van der Waals surface area contributed by atoms with Crippen molar-refractivity contribution in [3.8, 4) is 0 Å². The van der Waals surface area contributed by atoms with E-state index in [1.165, 1.54) is 17.3 Å². The monoisotopic (exact) mass is 351 g/mol. The minimum atomic E-state index is -0.0208. The van der Waals surface area contributed by atoms with Crippen molar-refractivity contribution in [1.29, 1.82) is 0 Å². The molecule has 3 rings (SSSR count). The van der Waals surface area contributed by atoms with Gasteiger partial charge in [-0.05, 0) is 54.6 Å². The van der Waals surface area contributed by atoms with Gasteiger partial charge in [-0.3, -0.25) is 9.69 Å². The molecule has 0 N–H and O–H groups in total. The van der Waals surface area contributed by atoms with Gasteiger partial charge in [-0.25, -0.2) is 4.99 Å². The zero-order valence-corrected chi connectivity index (χ0v) is 15.7. The quantitative estimate of drug-likeness (QED) is 0.774. The Kier molecular flexibility index (Phi) is 4.95. The first-order valence-electron chi connectivity index (χ1n) is 8.04. The van der Waals surface area contributed by atoms with Crippen LogP contribution < -0.4 is 4.90 Å². The van der Waals surface area contributed by atoms with Crippen molar-refractivity contribution in [2.24, 2.45) is 4.99 Å². The lowest BCUT2D eigenvalue weighted by Crippen LogP contribution is -2.23. The highest BCUT2D eigenvalue weighted by molar-refractivity contribution is 8.18. The van der Waals surface area contributed by atoms with Gasteiger partial charge in [0.2, 0.25) is 0 Å². The molecule has 2 aromatic carbocycles.